The van der Waals surface area contributed by atoms with Gasteiger partial charge in [0.2, 0.25) is 7.49 Å². The maximum Gasteiger partial charge on any atom is 0.239 e. The molecule has 40 heavy (non-hydrogen) atoms. The molecule has 0 radical (unpaired) electrons. The lowest BCUT2D eigenvalue weighted by Crippen LogP contribution is -2.31. The van der Waals surface area contributed by atoms with Gasteiger partial charge in [-0.2, -0.15) is 0 Å². The molecule has 9 rings (SSSR count). The normalized spacial score (nSPS) is 12.6. The zero-order valence-electron chi connectivity index (χ0n) is 21.7. The lowest BCUT2D eigenvalue weighted by atomic mass is 9.94. The molecule has 0 saturated heterocycles. The Morgan fingerprint density at radius 1 is 0.325 bits per heavy atom. The van der Waals surface area contributed by atoms with Crippen LogP contribution in [0.1, 0.15) is 0 Å². The molecule has 0 fully saturated rings. The van der Waals surface area contributed by atoms with Crippen LogP contribution in [-0.4, -0.2) is 4.89 Å². The lowest BCUT2D eigenvalue weighted by molar-refractivity contribution is 0.634. The van der Waals surface area contributed by atoms with Crippen molar-refractivity contribution in [1.29, 1.82) is 0 Å². The third kappa shape index (κ3) is 2.84. The summed E-state index contributed by atoms with van der Waals surface area (Å²) in [6.07, 6.45) is 0. The van der Waals surface area contributed by atoms with Gasteiger partial charge in [0.15, 0.2) is 0 Å². The Labute approximate surface area is 232 Å². The Morgan fingerprint density at radius 3 is 1.15 bits per heavy atom. The van der Waals surface area contributed by atoms with Crippen LogP contribution in [-0.2, 0) is 0 Å². The first-order chi connectivity index (χ1) is 19.7. The van der Waals surface area contributed by atoms with E-state index >= 15 is 0 Å². The van der Waals surface area contributed by atoms with Gasteiger partial charge in [0.1, 0.15) is 15.9 Å². The third-order valence-electron chi connectivity index (χ3n) is 8.84. The summed E-state index contributed by atoms with van der Waals surface area (Å²) in [6.45, 7) is 0. The van der Waals surface area contributed by atoms with E-state index in [1.807, 2.05) is 18.2 Å². The molecule has 2 heteroatoms. The highest BCUT2D eigenvalue weighted by atomic mass is 31.2. The Hall–Kier alpha value is -4.55. The van der Waals surface area contributed by atoms with E-state index in [1.54, 1.807) is 0 Å². The quantitative estimate of drug-likeness (QED) is 0.180. The van der Waals surface area contributed by atoms with E-state index in [1.165, 1.54) is 53.9 Å². The molecule has 0 heterocycles. The van der Waals surface area contributed by atoms with Crippen molar-refractivity contribution in [3.05, 3.63) is 140 Å². The predicted molar refractivity (Wildman–Crippen MR) is 175 cm³/mol. The van der Waals surface area contributed by atoms with Gasteiger partial charge in [-0.15, -0.1) is 0 Å². The Balaban J connectivity index is 1.46. The second-order valence-corrected chi connectivity index (χ2v) is 13.6. The van der Waals surface area contributed by atoms with Crippen molar-refractivity contribution in [2.45, 2.75) is 0 Å². The second kappa shape index (κ2) is 7.99. The SMILES string of the molecule is O[P+](c1ccccc1)(c1ccc2ccc3cccc4ccc1c2c34)c1ccc2ccc3cccc4ccc1c2c34. The molecule has 0 amide bonds. The molecule has 9 aromatic rings. The number of hydrogen-bond acceptors (Lipinski definition) is 1. The highest BCUT2D eigenvalue weighted by molar-refractivity contribution is 7.91. The summed E-state index contributed by atoms with van der Waals surface area (Å²) in [6, 6.07) is 49.8. The van der Waals surface area contributed by atoms with Gasteiger partial charge in [0, 0.05) is 21.5 Å². The minimum absolute atomic E-state index is 0.972. The first-order valence-corrected chi connectivity index (χ1v) is 15.5. The molecule has 1 nitrogen and oxygen atoms in total. The van der Waals surface area contributed by atoms with Gasteiger partial charge in [0.25, 0.3) is 0 Å². The molecule has 0 aliphatic rings. The van der Waals surface area contributed by atoms with Crippen molar-refractivity contribution < 1.29 is 4.89 Å². The molecule has 0 aliphatic carbocycles. The van der Waals surface area contributed by atoms with Crippen LogP contribution in [0.15, 0.2) is 140 Å². The minimum atomic E-state index is -3.04. The van der Waals surface area contributed by atoms with Gasteiger partial charge in [-0.25, -0.2) is 4.89 Å². The van der Waals surface area contributed by atoms with Crippen LogP contribution in [0.5, 0.6) is 0 Å². The van der Waals surface area contributed by atoms with E-state index in [0.29, 0.717) is 0 Å². The Morgan fingerprint density at radius 2 is 0.700 bits per heavy atom. The topological polar surface area (TPSA) is 20.2 Å². The molecule has 186 valence electrons. The van der Waals surface area contributed by atoms with Crippen LogP contribution in [0.3, 0.4) is 0 Å². The fourth-order valence-corrected chi connectivity index (χ4v) is 10.1. The summed E-state index contributed by atoms with van der Waals surface area (Å²) in [5.41, 5.74) is 0. The molecule has 0 bridgehead atoms. The summed E-state index contributed by atoms with van der Waals surface area (Å²) in [5.74, 6) is 0. The second-order valence-electron chi connectivity index (χ2n) is 10.9. The third-order valence-corrected chi connectivity index (χ3v) is 12.1. The largest absolute Gasteiger partial charge is 0.239 e. The standard InChI is InChI=1S/C38H24OP/c39-40(30-10-2-1-3-11-30,33-22-18-28-14-12-24-6-4-8-26-16-20-31(33)37(28)35(24)26)34-23-19-29-15-13-25-7-5-9-27-17-21-32(34)38(29)36(25)27/h1-23,39H/q+1. The Bertz CT molecular complexity index is 2210. The highest BCUT2D eigenvalue weighted by Gasteiger charge is 2.47. The molecule has 0 spiro atoms. The van der Waals surface area contributed by atoms with Gasteiger partial charge in [-0.05, 0) is 79.5 Å². The van der Waals surface area contributed by atoms with Crippen LogP contribution in [0, 0.1) is 0 Å². The maximum absolute atomic E-state index is 13.4. The molecule has 0 aromatic heterocycles. The van der Waals surface area contributed by atoms with E-state index < -0.39 is 7.49 Å². The molecule has 0 aliphatic heterocycles. The monoisotopic (exact) mass is 527 g/mol. The van der Waals surface area contributed by atoms with Crippen LogP contribution < -0.4 is 15.9 Å². The number of hydrogen-bond donors (Lipinski definition) is 1. The highest BCUT2D eigenvalue weighted by Crippen LogP contribution is 2.55. The smallest absolute Gasteiger partial charge is 0.235 e. The average Bonchev–Trinajstić information content (AvgIpc) is 3.02. The fourth-order valence-electron chi connectivity index (χ4n) is 7.06. The van der Waals surface area contributed by atoms with Gasteiger partial charge in [-0.1, -0.05) is 103 Å². The van der Waals surface area contributed by atoms with Gasteiger partial charge in [-0.3, -0.25) is 0 Å². The van der Waals surface area contributed by atoms with Gasteiger partial charge in [0.05, 0.1) is 0 Å². The molecule has 0 saturated carbocycles. The minimum Gasteiger partial charge on any atom is -0.235 e. The number of benzene rings is 9. The van der Waals surface area contributed by atoms with Crippen molar-refractivity contribution >= 4 is 88.0 Å². The van der Waals surface area contributed by atoms with E-state index in [4.69, 9.17) is 0 Å². The summed E-state index contributed by atoms with van der Waals surface area (Å²) in [5, 5.41) is 17.6. The molecule has 9 aromatic carbocycles. The van der Waals surface area contributed by atoms with Gasteiger partial charge >= 0.3 is 0 Å². The molecule has 1 N–H and O–H groups in total. The van der Waals surface area contributed by atoms with E-state index in [-0.39, 0.29) is 0 Å². The molecular weight excluding hydrogens is 503 g/mol. The lowest BCUT2D eigenvalue weighted by Gasteiger charge is -2.24. The molecule has 0 atom stereocenters. The zero-order chi connectivity index (χ0) is 26.4. The summed E-state index contributed by atoms with van der Waals surface area (Å²) < 4.78 is 0. The van der Waals surface area contributed by atoms with Crippen molar-refractivity contribution in [2.24, 2.45) is 0 Å². The van der Waals surface area contributed by atoms with E-state index in [2.05, 4.69) is 121 Å². The fraction of sp³-hybridized carbons (Fsp3) is 0. The predicted octanol–water partition coefficient (Wildman–Crippen LogP) is 8.68. The van der Waals surface area contributed by atoms with E-state index in [0.717, 1.165) is 26.7 Å². The summed E-state index contributed by atoms with van der Waals surface area (Å²) in [4.78, 5) is 13.4. The van der Waals surface area contributed by atoms with Crippen LogP contribution in [0.4, 0.5) is 0 Å². The van der Waals surface area contributed by atoms with Crippen molar-refractivity contribution in [2.75, 3.05) is 0 Å². The summed E-state index contributed by atoms with van der Waals surface area (Å²) in [7, 11) is -3.04. The molecular formula is C38H24OP+. The maximum atomic E-state index is 13.4. The Kier molecular flexibility index (Phi) is 4.45. The van der Waals surface area contributed by atoms with Crippen molar-refractivity contribution in [3.8, 4) is 0 Å². The first-order valence-electron chi connectivity index (χ1n) is 13.7. The van der Waals surface area contributed by atoms with Crippen LogP contribution in [0.25, 0.3) is 64.6 Å². The zero-order valence-corrected chi connectivity index (χ0v) is 22.6. The van der Waals surface area contributed by atoms with Crippen LogP contribution in [0.2, 0.25) is 0 Å². The van der Waals surface area contributed by atoms with Gasteiger partial charge < -0.3 is 0 Å². The van der Waals surface area contributed by atoms with E-state index in [9.17, 15) is 4.89 Å². The first kappa shape index (κ1) is 22.3. The molecule has 0 unspecified atom stereocenters. The van der Waals surface area contributed by atoms with Crippen LogP contribution >= 0.6 is 7.49 Å². The van der Waals surface area contributed by atoms with Crippen molar-refractivity contribution in [1.82, 2.24) is 0 Å². The summed E-state index contributed by atoms with van der Waals surface area (Å²) >= 11 is 0. The average molecular weight is 528 g/mol. The van der Waals surface area contributed by atoms with Crippen molar-refractivity contribution in [3.63, 3.8) is 0 Å². The number of rotatable bonds is 3.